The van der Waals surface area contributed by atoms with Crippen LogP contribution in [0.5, 0.6) is 0 Å². The maximum Gasteiger partial charge on any atom is 0.295 e. The lowest BCUT2D eigenvalue weighted by Crippen LogP contribution is -2.30. The number of rotatable bonds is 3. The summed E-state index contributed by atoms with van der Waals surface area (Å²) in [5, 5.41) is 0. The number of fused-ring (bicyclic) bond motifs is 2. The van der Waals surface area contributed by atoms with Crippen molar-refractivity contribution in [2.45, 2.75) is 6.92 Å². The molecule has 2 aromatic heterocycles. The van der Waals surface area contributed by atoms with Gasteiger partial charge in [0.1, 0.15) is 5.69 Å². The second-order valence-corrected chi connectivity index (χ2v) is 8.96. The minimum absolute atomic E-state index is 1.05. The molecular formula is C28H22N3S+. The molecule has 4 heteroatoms. The average Bonchev–Trinajstić information content (AvgIpc) is 3.41. The predicted octanol–water partition coefficient (Wildman–Crippen LogP) is 6.71. The molecule has 0 spiro atoms. The van der Waals surface area contributed by atoms with Crippen molar-refractivity contribution in [1.29, 1.82) is 0 Å². The number of thiazole rings is 1. The fourth-order valence-electron chi connectivity index (χ4n) is 4.64. The maximum absolute atomic E-state index is 4.60. The molecule has 0 atom stereocenters. The van der Waals surface area contributed by atoms with Gasteiger partial charge >= 0.3 is 0 Å². The van der Waals surface area contributed by atoms with Crippen LogP contribution >= 0.6 is 11.3 Å². The molecule has 0 saturated heterocycles. The molecule has 3 nitrogen and oxygen atoms in total. The molecule has 0 aliphatic rings. The molecule has 0 N–H and O–H groups in total. The van der Waals surface area contributed by atoms with E-state index in [1.807, 2.05) is 5.51 Å². The van der Waals surface area contributed by atoms with Crippen molar-refractivity contribution in [3.63, 3.8) is 0 Å². The van der Waals surface area contributed by atoms with E-state index in [0.29, 0.717) is 0 Å². The smallest absolute Gasteiger partial charge is 0.245 e. The normalized spacial score (nSPS) is 11.4. The monoisotopic (exact) mass is 432 g/mol. The van der Waals surface area contributed by atoms with Gasteiger partial charge in [-0.15, -0.1) is 11.3 Å². The predicted molar refractivity (Wildman–Crippen MR) is 133 cm³/mol. The number of aromatic nitrogens is 3. The largest absolute Gasteiger partial charge is 0.295 e. The summed E-state index contributed by atoms with van der Waals surface area (Å²) in [4.78, 5) is 4.60. The van der Waals surface area contributed by atoms with Gasteiger partial charge in [-0.25, -0.2) is 9.55 Å². The molecule has 0 aliphatic heterocycles. The quantitative estimate of drug-likeness (QED) is 0.285. The molecule has 0 unspecified atom stereocenters. The van der Waals surface area contributed by atoms with Crippen molar-refractivity contribution < 1.29 is 4.57 Å². The van der Waals surface area contributed by atoms with Crippen molar-refractivity contribution in [2.24, 2.45) is 7.05 Å². The van der Waals surface area contributed by atoms with Crippen LogP contribution in [-0.4, -0.2) is 9.55 Å². The number of aryl methyl sites for hydroxylation is 2. The topological polar surface area (TPSA) is 21.7 Å². The highest BCUT2D eigenvalue weighted by atomic mass is 32.1. The zero-order valence-corrected chi connectivity index (χ0v) is 18.8. The van der Waals surface area contributed by atoms with Gasteiger partial charge in [0.25, 0.3) is 5.82 Å². The Kier molecular flexibility index (Phi) is 4.40. The zero-order chi connectivity index (χ0) is 21.7. The number of imidazole rings is 1. The fraction of sp³-hybridized carbons (Fsp3) is 0.0714. The van der Waals surface area contributed by atoms with Crippen LogP contribution in [0.4, 0.5) is 0 Å². The third-order valence-corrected chi connectivity index (χ3v) is 6.95. The summed E-state index contributed by atoms with van der Waals surface area (Å²) in [6.45, 7) is 2.19. The summed E-state index contributed by atoms with van der Waals surface area (Å²) in [7, 11) is 2.16. The van der Waals surface area contributed by atoms with Crippen LogP contribution in [0.1, 0.15) is 5.56 Å². The van der Waals surface area contributed by atoms with Crippen molar-refractivity contribution >= 4 is 32.6 Å². The summed E-state index contributed by atoms with van der Waals surface area (Å²) in [6, 6.07) is 32.4. The van der Waals surface area contributed by atoms with Gasteiger partial charge in [0.05, 0.1) is 28.3 Å². The fourth-order valence-corrected chi connectivity index (χ4v) is 5.39. The van der Waals surface area contributed by atoms with E-state index >= 15 is 0 Å². The Morgan fingerprint density at radius 1 is 0.812 bits per heavy atom. The van der Waals surface area contributed by atoms with Gasteiger partial charge in [0, 0.05) is 5.56 Å². The molecule has 0 bridgehead atoms. The van der Waals surface area contributed by atoms with Crippen LogP contribution in [0.3, 0.4) is 0 Å². The van der Waals surface area contributed by atoms with Crippen LogP contribution < -0.4 is 4.57 Å². The number of nitrogens with zero attached hydrogens (tertiary/aromatic N) is 3. The highest BCUT2D eigenvalue weighted by molar-refractivity contribution is 7.16. The molecule has 6 aromatic rings. The van der Waals surface area contributed by atoms with E-state index in [2.05, 4.69) is 119 Å². The number of benzene rings is 4. The number of hydrogen-bond acceptors (Lipinski definition) is 2. The van der Waals surface area contributed by atoms with Gasteiger partial charge < -0.3 is 0 Å². The van der Waals surface area contributed by atoms with E-state index in [9.17, 15) is 0 Å². The molecule has 0 amide bonds. The Hall–Kier alpha value is -3.76. The third kappa shape index (κ3) is 2.88. The third-order valence-electron chi connectivity index (χ3n) is 6.16. The molecular weight excluding hydrogens is 410 g/mol. The molecule has 32 heavy (non-hydrogen) atoms. The van der Waals surface area contributed by atoms with E-state index in [-0.39, 0.29) is 0 Å². The Labute approximate surface area is 190 Å². The lowest BCUT2D eigenvalue weighted by atomic mass is 10.0. The standard InChI is InChI=1S/C28H22N3S/c1-19-16-27-23(29-18-32-27)17-22(19)28-30(2)25-14-8-9-15-26(25)31(28)24-13-7-6-12-21(24)20-10-4-3-5-11-20/h3-18H,1-2H3/q+1. The van der Waals surface area contributed by atoms with E-state index in [1.54, 1.807) is 11.3 Å². The second kappa shape index (κ2) is 7.43. The molecule has 2 heterocycles. The molecule has 0 radical (unpaired) electrons. The minimum atomic E-state index is 1.05. The van der Waals surface area contributed by atoms with Crippen molar-refractivity contribution in [3.8, 4) is 28.2 Å². The molecule has 4 aromatic carbocycles. The van der Waals surface area contributed by atoms with Crippen molar-refractivity contribution in [3.05, 3.63) is 102 Å². The van der Waals surface area contributed by atoms with Gasteiger partial charge in [0.15, 0.2) is 11.0 Å². The highest BCUT2D eigenvalue weighted by Crippen LogP contribution is 2.35. The highest BCUT2D eigenvalue weighted by Gasteiger charge is 2.28. The molecule has 0 aliphatic carbocycles. The Balaban J connectivity index is 1.74. The van der Waals surface area contributed by atoms with E-state index < -0.39 is 0 Å². The summed E-state index contributed by atoms with van der Waals surface area (Å²) in [6.07, 6.45) is 0. The van der Waals surface area contributed by atoms with Gasteiger partial charge in [-0.05, 0) is 48.4 Å². The van der Waals surface area contributed by atoms with E-state index in [4.69, 9.17) is 0 Å². The average molecular weight is 433 g/mol. The summed E-state index contributed by atoms with van der Waals surface area (Å²) < 4.78 is 5.93. The first kappa shape index (κ1) is 19.0. The summed E-state index contributed by atoms with van der Waals surface area (Å²) in [5.74, 6) is 1.15. The first-order valence-electron chi connectivity index (χ1n) is 10.7. The molecule has 0 saturated carbocycles. The lowest BCUT2D eigenvalue weighted by molar-refractivity contribution is -0.633. The van der Waals surface area contributed by atoms with Gasteiger partial charge in [-0.3, -0.25) is 0 Å². The van der Waals surface area contributed by atoms with Crippen LogP contribution in [0.2, 0.25) is 0 Å². The van der Waals surface area contributed by atoms with Gasteiger partial charge in [-0.2, -0.15) is 4.57 Å². The van der Waals surface area contributed by atoms with Crippen LogP contribution in [0.15, 0.2) is 96.5 Å². The molecule has 154 valence electrons. The lowest BCUT2D eigenvalue weighted by Gasteiger charge is -2.11. The van der Waals surface area contributed by atoms with Crippen LogP contribution in [0.25, 0.3) is 49.5 Å². The number of hydrogen-bond donors (Lipinski definition) is 0. The first-order valence-corrected chi connectivity index (χ1v) is 11.6. The second-order valence-electron chi connectivity index (χ2n) is 8.08. The van der Waals surface area contributed by atoms with E-state index in [0.717, 1.165) is 11.3 Å². The van der Waals surface area contributed by atoms with E-state index in [1.165, 1.54) is 43.7 Å². The van der Waals surface area contributed by atoms with Crippen molar-refractivity contribution in [2.75, 3.05) is 0 Å². The van der Waals surface area contributed by atoms with Gasteiger partial charge in [-0.1, -0.05) is 60.7 Å². The minimum Gasteiger partial charge on any atom is -0.245 e. The Morgan fingerprint density at radius 3 is 2.44 bits per heavy atom. The summed E-state index contributed by atoms with van der Waals surface area (Å²) in [5.41, 5.74) is 11.4. The molecule has 6 rings (SSSR count). The zero-order valence-electron chi connectivity index (χ0n) is 18.0. The Morgan fingerprint density at radius 2 is 1.56 bits per heavy atom. The first-order chi connectivity index (χ1) is 15.7. The maximum atomic E-state index is 4.60. The summed E-state index contributed by atoms with van der Waals surface area (Å²) >= 11 is 1.69. The number of para-hydroxylation sites is 3. The van der Waals surface area contributed by atoms with Gasteiger partial charge in [0.2, 0.25) is 0 Å². The van der Waals surface area contributed by atoms with Crippen LogP contribution in [0, 0.1) is 6.92 Å². The Bertz CT molecular complexity index is 1590. The van der Waals surface area contributed by atoms with Crippen molar-refractivity contribution in [1.82, 2.24) is 9.55 Å². The molecule has 0 fully saturated rings. The SMILES string of the molecule is Cc1cc2scnc2cc1-c1n(-c2ccccc2-c2ccccc2)c2ccccc2[n+]1C. The van der Waals surface area contributed by atoms with Crippen LogP contribution in [-0.2, 0) is 7.05 Å².